The first kappa shape index (κ1) is 73.2. The Labute approximate surface area is 557 Å². The Morgan fingerprint density at radius 2 is 1.34 bits per heavy atom. The highest BCUT2D eigenvalue weighted by Crippen LogP contribution is 2.53. The van der Waals surface area contributed by atoms with E-state index in [0.29, 0.717) is 0 Å². The van der Waals surface area contributed by atoms with Crippen molar-refractivity contribution in [1.29, 1.82) is 0 Å². The number of rotatable bonds is 18. The summed E-state index contributed by atoms with van der Waals surface area (Å²) in [5.41, 5.74) is -3.34. The van der Waals surface area contributed by atoms with E-state index < -0.39 is 218 Å². The summed E-state index contributed by atoms with van der Waals surface area (Å²) < 4.78 is 142. The number of ether oxygens (including phenoxy) is 23. The molecule has 0 radical (unpaired) electrons. The first-order valence-corrected chi connectivity index (χ1v) is 32.5. The van der Waals surface area contributed by atoms with Crippen molar-refractivity contribution in [1.82, 2.24) is 0 Å². The number of esters is 2. The second-order valence-corrected chi connectivity index (χ2v) is 27.0. The number of fused-ring (bicyclic) bond motifs is 4. The van der Waals surface area contributed by atoms with E-state index in [0.717, 1.165) is 0 Å². The smallest absolute Gasteiger partial charge is 0.342 e. The van der Waals surface area contributed by atoms with Crippen LogP contribution in [0.25, 0.3) is 0 Å². The Balaban J connectivity index is 0.722. The highest BCUT2D eigenvalue weighted by molar-refractivity contribution is 6.39. The number of ketones is 1. The van der Waals surface area contributed by atoms with Crippen LogP contribution in [0.5, 0.6) is 11.5 Å². The van der Waals surface area contributed by atoms with Crippen LogP contribution in [0.15, 0.2) is 0 Å². The third-order valence-electron chi connectivity index (χ3n) is 19.4. The lowest BCUT2D eigenvalue weighted by Crippen LogP contribution is -2.72. The number of hydrogen-bond acceptors (Lipinski definition) is 32. The molecule has 1 aromatic carbocycles. The molecule has 0 aliphatic carbocycles. The zero-order chi connectivity index (χ0) is 68.9. The van der Waals surface area contributed by atoms with Gasteiger partial charge < -0.3 is 140 Å². The number of Topliss-reactive ketones (excluding diaryl/α,β-unsaturated/α-hetero) is 1. The van der Waals surface area contributed by atoms with E-state index in [1.807, 2.05) is 0 Å². The fraction of sp³-hybridized carbons (Fsp3) is 0.852. The van der Waals surface area contributed by atoms with Gasteiger partial charge in [-0.3, -0.25) is 9.59 Å². The molecule has 32 nitrogen and oxygen atoms in total. The van der Waals surface area contributed by atoms with Gasteiger partial charge in [0.1, 0.15) is 96.2 Å². The fourth-order valence-corrected chi connectivity index (χ4v) is 15.1. The van der Waals surface area contributed by atoms with Gasteiger partial charge in [0, 0.05) is 34.2 Å². The summed E-state index contributed by atoms with van der Waals surface area (Å²) >= 11 is 12.5. The Morgan fingerprint density at radius 1 is 0.653 bits per heavy atom. The average Bonchev–Trinajstić information content (AvgIpc) is 1.59. The summed E-state index contributed by atoms with van der Waals surface area (Å²) in [5.74, 6) is -7.41. The van der Waals surface area contributed by atoms with Crippen molar-refractivity contribution in [3.8, 4) is 11.5 Å². The van der Waals surface area contributed by atoms with Crippen LogP contribution in [-0.2, 0) is 114 Å². The summed E-state index contributed by atoms with van der Waals surface area (Å²) in [5, 5.41) is 69.1. The minimum absolute atomic E-state index is 0.00299. The molecule has 0 amide bonds. The number of aliphatic hydroxyl groups excluding tert-OH is 4. The minimum atomic E-state index is -2.13. The molecule has 10 aliphatic heterocycles. The predicted molar refractivity (Wildman–Crippen MR) is 313 cm³/mol. The molecule has 34 heteroatoms. The van der Waals surface area contributed by atoms with Gasteiger partial charge in [-0.05, 0) is 61.0 Å². The van der Waals surface area contributed by atoms with Crippen molar-refractivity contribution >= 4 is 40.9 Å². The molecule has 1 aromatic rings. The molecule has 6 N–H and O–H groups in total. The maximum atomic E-state index is 13.6. The van der Waals surface area contributed by atoms with Crippen LogP contribution in [0.4, 0.5) is 0 Å². The standard InChI is InChI=1S/C61H88Cl2O32/c1-21(2)53(70)87-49-45-32(92-61(93-45)52-51(78-20-79-52)60(72,27(8)64)28(9)91-61)19-77-56(49)89-57-48(76-14)39(68)44(31(83-57)18-73-11)88-55-40(69)47(43(74-12)24(5)82-55)85-34-17-58(10)50(26(7)81-34)94-59(95-58)16-30(66)42(25(6)90-59)84-33-15-29(65)41(23(4)80-33)86-54(71)35-22(3)36(62)38(67)37(63)46(35)75-13/h21,23-26,28-34,39-45,47-52,55-57,65-69,72H,15-20H2,1-14H3/t23-,24-,25-,26-,28-,29-,30-,31-,32+,33+,34+,39+,40-,41-,42-,43+,44-,45-,47-,48+,49-,50-,51-,52-,55+,56+,57+,58-,59?,60+,61-/m1/s1. The van der Waals surface area contributed by atoms with Gasteiger partial charge >= 0.3 is 17.9 Å². The number of aliphatic hydroxyl groups is 5. The molecule has 1 unspecified atom stereocenters. The van der Waals surface area contributed by atoms with Gasteiger partial charge in [0.2, 0.25) is 6.29 Å². The van der Waals surface area contributed by atoms with Gasteiger partial charge in [-0.15, -0.1) is 0 Å². The number of halogens is 2. The van der Waals surface area contributed by atoms with Gasteiger partial charge in [-0.2, -0.15) is 0 Å². The van der Waals surface area contributed by atoms with E-state index in [4.69, 9.17) is 132 Å². The molecule has 0 aromatic heterocycles. The lowest BCUT2D eigenvalue weighted by molar-refractivity contribution is -0.428. The first-order chi connectivity index (χ1) is 44.9. The van der Waals surface area contributed by atoms with E-state index in [1.165, 1.54) is 49.2 Å². The van der Waals surface area contributed by atoms with Crippen LogP contribution < -0.4 is 4.74 Å². The molecule has 0 bridgehead atoms. The second kappa shape index (κ2) is 28.4. The Hall–Kier alpha value is -2.99. The highest BCUT2D eigenvalue weighted by atomic mass is 35.5. The van der Waals surface area contributed by atoms with Crippen LogP contribution in [0, 0.1) is 12.8 Å². The quantitative estimate of drug-likeness (QED) is 0.112. The van der Waals surface area contributed by atoms with Crippen molar-refractivity contribution in [2.24, 2.45) is 5.92 Å². The van der Waals surface area contributed by atoms with E-state index in [9.17, 15) is 45.0 Å². The number of benzene rings is 1. The van der Waals surface area contributed by atoms with Crippen LogP contribution in [-0.4, -0.2) is 286 Å². The first-order valence-electron chi connectivity index (χ1n) is 31.7. The minimum Gasteiger partial charge on any atom is -0.505 e. The van der Waals surface area contributed by atoms with E-state index >= 15 is 0 Å². The van der Waals surface area contributed by atoms with Crippen LogP contribution in [0.1, 0.15) is 97.5 Å². The van der Waals surface area contributed by atoms with Crippen molar-refractivity contribution in [2.45, 2.75) is 277 Å². The maximum absolute atomic E-state index is 13.6. The van der Waals surface area contributed by atoms with Crippen molar-refractivity contribution in [3.63, 3.8) is 0 Å². The summed E-state index contributed by atoms with van der Waals surface area (Å²) in [6.07, 6.45) is -32.8. The summed E-state index contributed by atoms with van der Waals surface area (Å²) in [7, 11) is 5.35. The van der Waals surface area contributed by atoms with Gasteiger partial charge in [0.25, 0.3) is 5.97 Å². The third-order valence-corrected chi connectivity index (χ3v) is 20.2. The Morgan fingerprint density at radius 3 is 1.99 bits per heavy atom. The van der Waals surface area contributed by atoms with Gasteiger partial charge in [-0.1, -0.05) is 37.0 Å². The summed E-state index contributed by atoms with van der Waals surface area (Å²) in [6, 6.07) is 0. The predicted octanol–water partition coefficient (Wildman–Crippen LogP) is 1.05. The molecule has 0 saturated carbocycles. The number of carbonyl (C=O) groups is 3. The molecule has 10 fully saturated rings. The molecule has 95 heavy (non-hydrogen) atoms. The topological polar surface area (TPSA) is 385 Å². The molecular weight excluding hydrogens is 1320 g/mol. The van der Waals surface area contributed by atoms with Crippen molar-refractivity contribution < 1.29 is 154 Å². The lowest BCUT2D eigenvalue weighted by atomic mass is 9.81. The SMILES string of the molecule is COC[C@H]1O[C@@H](O[C@@H]2OC[C@@H]3O[C@]4(O[C@H]3[C@H]2OC(=O)C(C)C)O[C@H](C)[C@@](O)(C(C)=O)[C@@H]2OCO[C@H]24)[C@@H](OC)[C@@H](O)[C@@H]1O[C@@H]1O[C@H](C)[C@H](OC)[C@H](O[C@H]2C[C@@]3(C)OC4(C[C@@H](O)[C@H](O[C@H]5C[C@@H](O)[C@H](OC(=O)c6c(C)c(Cl)c(O)c(Cl)c6OC)[C@@H](C)O5)[C@@H](C)O4)O[C@@H]3[C@@H](C)O2)[C@H]1O. The Bertz CT molecular complexity index is 2890. The molecular formula is C61H88Cl2O32. The number of phenols is 1. The third kappa shape index (κ3) is 13.4. The monoisotopic (exact) mass is 1400 g/mol. The summed E-state index contributed by atoms with van der Waals surface area (Å²) in [6.45, 7) is 15.0. The van der Waals surface area contributed by atoms with E-state index in [2.05, 4.69) is 0 Å². The van der Waals surface area contributed by atoms with Gasteiger partial charge in [0.15, 0.2) is 66.4 Å². The van der Waals surface area contributed by atoms with Gasteiger partial charge in [0.05, 0.1) is 80.4 Å². The number of phenolic OH excluding ortho intramolecular Hbond substituents is 1. The molecule has 10 aliphatic rings. The van der Waals surface area contributed by atoms with Gasteiger partial charge in [-0.25, -0.2) is 4.79 Å². The van der Waals surface area contributed by atoms with E-state index in [-0.39, 0.29) is 66.2 Å². The molecule has 538 valence electrons. The fourth-order valence-electron chi connectivity index (χ4n) is 14.6. The maximum Gasteiger partial charge on any atom is 0.342 e. The zero-order valence-corrected chi connectivity index (χ0v) is 56.5. The van der Waals surface area contributed by atoms with Crippen molar-refractivity contribution in [3.05, 3.63) is 21.2 Å². The highest BCUT2D eigenvalue weighted by Gasteiger charge is 2.73. The number of aromatic hydroxyl groups is 1. The van der Waals surface area contributed by atoms with Crippen LogP contribution in [0.2, 0.25) is 10.0 Å². The zero-order valence-electron chi connectivity index (χ0n) is 55.0. The lowest BCUT2D eigenvalue weighted by Gasteiger charge is -2.49. The molecule has 10 saturated heterocycles. The Kier molecular flexibility index (Phi) is 21.9. The average molecular weight is 1400 g/mol. The molecule has 2 spiro atoms. The normalized spacial score (nSPS) is 47.3. The van der Waals surface area contributed by atoms with E-state index in [1.54, 1.807) is 48.5 Å². The second-order valence-electron chi connectivity index (χ2n) is 26.2. The van der Waals surface area contributed by atoms with Crippen molar-refractivity contribution in [2.75, 3.05) is 48.4 Å². The van der Waals surface area contributed by atoms with Crippen LogP contribution >= 0.6 is 23.2 Å². The largest absolute Gasteiger partial charge is 0.505 e. The number of methoxy groups -OCH3 is 4. The molecule has 31 atom stereocenters. The molecule has 10 heterocycles. The summed E-state index contributed by atoms with van der Waals surface area (Å²) in [4.78, 5) is 39.8. The number of carbonyl (C=O) groups excluding carboxylic acids is 3. The number of hydrogen-bond donors (Lipinski definition) is 6. The molecule has 11 rings (SSSR count). The van der Waals surface area contributed by atoms with Crippen LogP contribution in [0.3, 0.4) is 0 Å².